The Morgan fingerprint density at radius 2 is 1.47 bits per heavy atom. The molecule has 0 spiro atoms. The van der Waals surface area contributed by atoms with E-state index >= 15 is 0 Å². The number of carbonyl (C=O) groups is 2. The Morgan fingerprint density at radius 1 is 0.837 bits per heavy atom. The van der Waals surface area contributed by atoms with Crippen LogP contribution in [-0.2, 0) is 32.6 Å². The zero-order valence-corrected chi connectivity index (χ0v) is 26.1. The number of anilines is 1. The normalized spacial score (nSPS) is 11.9. The van der Waals surface area contributed by atoms with Crippen LogP contribution in [0.4, 0.5) is 5.69 Å². The maximum absolute atomic E-state index is 14.4. The van der Waals surface area contributed by atoms with Crippen molar-refractivity contribution in [3.05, 3.63) is 130 Å². The minimum Gasteiger partial charge on any atom is -0.355 e. The van der Waals surface area contributed by atoms with Gasteiger partial charge in [-0.05, 0) is 61.7 Å². The number of amides is 2. The molecule has 0 heterocycles. The molecule has 1 N–H and O–H groups in total. The minimum atomic E-state index is -4.16. The fourth-order valence-corrected chi connectivity index (χ4v) is 6.52. The topological polar surface area (TPSA) is 86.8 Å². The Hall–Kier alpha value is -4.14. The summed E-state index contributed by atoms with van der Waals surface area (Å²) in [5.74, 6) is -0.873. The molecule has 0 fully saturated rings. The molecule has 1 atom stereocenters. The Morgan fingerprint density at radius 3 is 2.12 bits per heavy atom. The van der Waals surface area contributed by atoms with Crippen LogP contribution in [0.1, 0.15) is 29.2 Å². The van der Waals surface area contributed by atoms with Gasteiger partial charge in [0.15, 0.2) is 0 Å². The Bertz CT molecular complexity index is 1660. The number of hydrogen-bond donors (Lipinski definition) is 1. The Labute approximate surface area is 259 Å². The van der Waals surface area contributed by atoms with E-state index < -0.39 is 28.5 Å². The van der Waals surface area contributed by atoms with Crippen LogP contribution in [0.2, 0.25) is 5.02 Å². The van der Waals surface area contributed by atoms with Crippen molar-refractivity contribution in [1.82, 2.24) is 10.2 Å². The zero-order valence-electron chi connectivity index (χ0n) is 24.5. The molecule has 4 aromatic rings. The summed E-state index contributed by atoms with van der Waals surface area (Å²) in [6, 6.07) is 29.1. The average Bonchev–Trinajstić information content (AvgIpc) is 2.99. The lowest BCUT2D eigenvalue weighted by Gasteiger charge is -2.34. The van der Waals surface area contributed by atoms with Gasteiger partial charge < -0.3 is 10.2 Å². The number of para-hydroxylation sites is 1. The molecule has 0 saturated carbocycles. The number of nitrogens with zero attached hydrogens (tertiary/aromatic N) is 2. The van der Waals surface area contributed by atoms with Gasteiger partial charge in [-0.3, -0.25) is 13.9 Å². The van der Waals surface area contributed by atoms with Gasteiger partial charge in [0.05, 0.1) is 10.6 Å². The standard InChI is InChI=1S/C34H36ClN3O4S/c1-4-36-34(40)32(22-27-13-6-5-7-14-27)37(23-28-15-9-10-16-30(28)35)33(39)24-38(31-17-11-8-12-26(31)3)43(41,42)29-20-18-25(2)19-21-29/h5-21,32H,4,22-24H2,1-3H3,(H,36,40). The fraction of sp³-hybridized carbons (Fsp3) is 0.235. The molecule has 4 aromatic carbocycles. The van der Waals surface area contributed by atoms with Crippen LogP contribution >= 0.6 is 11.6 Å². The number of aryl methyl sites for hydroxylation is 2. The summed E-state index contributed by atoms with van der Waals surface area (Å²) < 4.78 is 29.4. The molecule has 0 radical (unpaired) electrons. The summed E-state index contributed by atoms with van der Waals surface area (Å²) in [5, 5.41) is 3.30. The van der Waals surface area contributed by atoms with Crippen molar-refractivity contribution in [1.29, 1.82) is 0 Å². The van der Waals surface area contributed by atoms with Gasteiger partial charge in [0.2, 0.25) is 11.8 Å². The fourth-order valence-electron chi connectivity index (χ4n) is 4.85. The van der Waals surface area contributed by atoms with Gasteiger partial charge in [-0.2, -0.15) is 0 Å². The SMILES string of the molecule is CCNC(=O)C(Cc1ccccc1)N(Cc1ccccc1Cl)C(=O)CN(c1ccccc1C)S(=O)(=O)c1ccc(C)cc1. The van der Waals surface area contributed by atoms with E-state index in [1.54, 1.807) is 55.5 Å². The van der Waals surface area contributed by atoms with E-state index in [4.69, 9.17) is 11.6 Å². The van der Waals surface area contributed by atoms with Crippen molar-refractivity contribution in [3.63, 3.8) is 0 Å². The first-order valence-corrected chi connectivity index (χ1v) is 15.9. The summed E-state index contributed by atoms with van der Waals surface area (Å²) in [5.41, 5.74) is 3.48. The highest BCUT2D eigenvalue weighted by Crippen LogP contribution is 2.28. The molecule has 0 saturated heterocycles. The van der Waals surface area contributed by atoms with Gasteiger partial charge in [0.1, 0.15) is 12.6 Å². The molecule has 0 aliphatic carbocycles. The first kappa shape index (κ1) is 31.8. The maximum atomic E-state index is 14.4. The second-order valence-corrected chi connectivity index (χ2v) is 12.6. The second kappa shape index (κ2) is 14.4. The average molecular weight is 618 g/mol. The zero-order chi connectivity index (χ0) is 31.0. The molecule has 0 bridgehead atoms. The number of nitrogens with one attached hydrogen (secondary N) is 1. The lowest BCUT2D eigenvalue weighted by molar-refractivity contribution is -0.140. The largest absolute Gasteiger partial charge is 0.355 e. The van der Waals surface area contributed by atoms with Crippen LogP contribution in [0.15, 0.2) is 108 Å². The van der Waals surface area contributed by atoms with E-state index in [1.807, 2.05) is 56.3 Å². The summed E-state index contributed by atoms with van der Waals surface area (Å²) in [6.45, 7) is 5.35. The first-order valence-electron chi connectivity index (χ1n) is 14.1. The summed E-state index contributed by atoms with van der Waals surface area (Å²) in [6.07, 6.45) is 0.234. The number of rotatable bonds is 12. The summed E-state index contributed by atoms with van der Waals surface area (Å²) >= 11 is 6.52. The highest BCUT2D eigenvalue weighted by Gasteiger charge is 2.35. The van der Waals surface area contributed by atoms with Gasteiger partial charge in [-0.15, -0.1) is 0 Å². The van der Waals surface area contributed by atoms with Gasteiger partial charge >= 0.3 is 0 Å². The predicted molar refractivity (Wildman–Crippen MR) is 172 cm³/mol. The van der Waals surface area contributed by atoms with E-state index in [0.29, 0.717) is 28.4 Å². The Kier molecular flexibility index (Phi) is 10.6. The molecular weight excluding hydrogens is 582 g/mol. The third-order valence-corrected chi connectivity index (χ3v) is 9.34. The van der Waals surface area contributed by atoms with E-state index in [9.17, 15) is 18.0 Å². The van der Waals surface area contributed by atoms with E-state index in [-0.39, 0.29) is 23.8 Å². The van der Waals surface area contributed by atoms with Crippen LogP contribution in [0.5, 0.6) is 0 Å². The molecule has 224 valence electrons. The molecule has 7 nitrogen and oxygen atoms in total. The van der Waals surface area contributed by atoms with E-state index in [1.165, 1.54) is 17.0 Å². The monoisotopic (exact) mass is 617 g/mol. The summed E-state index contributed by atoms with van der Waals surface area (Å²) in [4.78, 5) is 29.5. The molecular formula is C34H36ClN3O4S. The van der Waals surface area contributed by atoms with Gasteiger partial charge in [0, 0.05) is 24.5 Å². The molecule has 2 amide bonds. The molecule has 9 heteroatoms. The smallest absolute Gasteiger partial charge is 0.264 e. The van der Waals surface area contributed by atoms with Crippen LogP contribution in [-0.4, -0.2) is 44.3 Å². The number of halogens is 1. The molecule has 1 unspecified atom stereocenters. The van der Waals surface area contributed by atoms with Crippen molar-refractivity contribution < 1.29 is 18.0 Å². The Balaban J connectivity index is 1.81. The van der Waals surface area contributed by atoms with Crippen molar-refractivity contribution in [2.45, 2.75) is 44.7 Å². The molecule has 0 aliphatic heterocycles. The van der Waals surface area contributed by atoms with Crippen molar-refractivity contribution >= 4 is 39.1 Å². The van der Waals surface area contributed by atoms with Crippen molar-refractivity contribution in [3.8, 4) is 0 Å². The van der Waals surface area contributed by atoms with Crippen molar-refractivity contribution in [2.75, 3.05) is 17.4 Å². The number of benzene rings is 4. The third kappa shape index (κ3) is 7.83. The number of sulfonamides is 1. The van der Waals surface area contributed by atoms with Gasteiger partial charge in [0.25, 0.3) is 10.0 Å². The highest BCUT2D eigenvalue weighted by atomic mass is 35.5. The van der Waals surface area contributed by atoms with Crippen LogP contribution in [0, 0.1) is 13.8 Å². The molecule has 4 rings (SSSR count). The number of carbonyl (C=O) groups excluding carboxylic acids is 2. The van der Waals surface area contributed by atoms with Gasteiger partial charge in [-0.25, -0.2) is 8.42 Å². The van der Waals surface area contributed by atoms with E-state index in [2.05, 4.69) is 5.32 Å². The highest BCUT2D eigenvalue weighted by molar-refractivity contribution is 7.92. The second-order valence-electron chi connectivity index (χ2n) is 10.3. The maximum Gasteiger partial charge on any atom is 0.264 e. The number of hydrogen-bond acceptors (Lipinski definition) is 4. The quantitative estimate of drug-likeness (QED) is 0.214. The lowest BCUT2D eigenvalue weighted by atomic mass is 10.0. The molecule has 0 aliphatic rings. The van der Waals surface area contributed by atoms with Crippen LogP contribution in [0.25, 0.3) is 0 Å². The number of likely N-dealkylation sites (N-methyl/N-ethyl adjacent to an activating group) is 1. The lowest BCUT2D eigenvalue weighted by Crippen LogP contribution is -2.53. The third-order valence-electron chi connectivity index (χ3n) is 7.19. The van der Waals surface area contributed by atoms with E-state index in [0.717, 1.165) is 15.4 Å². The van der Waals surface area contributed by atoms with Crippen molar-refractivity contribution in [2.24, 2.45) is 0 Å². The minimum absolute atomic E-state index is 0.0132. The first-order chi connectivity index (χ1) is 20.6. The molecule has 43 heavy (non-hydrogen) atoms. The van der Waals surface area contributed by atoms with Crippen LogP contribution < -0.4 is 9.62 Å². The van der Waals surface area contributed by atoms with Crippen LogP contribution in [0.3, 0.4) is 0 Å². The summed E-state index contributed by atoms with van der Waals surface area (Å²) in [7, 11) is -4.16. The van der Waals surface area contributed by atoms with Gasteiger partial charge in [-0.1, -0.05) is 96.0 Å². The predicted octanol–water partition coefficient (Wildman–Crippen LogP) is 5.93. The molecule has 0 aromatic heterocycles.